The van der Waals surface area contributed by atoms with Crippen LogP contribution in [0.15, 0.2) is 21.9 Å². The highest BCUT2D eigenvalue weighted by atomic mass is 16.6. The summed E-state index contributed by atoms with van der Waals surface area (Å²) >= 11 is 0. The molecule has 0 bridgehead atoms. The summed E-state index contributed by atoms with van der Waals surface area (Å²) in [5.74, 6) is 0.274. The molecule has 0 saturated carbocycles. The number of unbranched alkanes of at least 4 members (excludes halogenated alkanes) is 1. The van der Waals surface area contributed by atoms with Gasteiger partial charge in [-0.05, 0) is 77.3 Å². The van der Waals surface area contributed by atoms with Gasteiger partial charge < -0.3 is 19.9 Å². The molecule has 2 N–H and O–H groups in total. The second-order valence-corrected chi connectivity index (χ2v) is 8.84. The molecule has 0 radical (unpaired) electrons. The van der Waals surface area contributed by atoms with Crippen molar-refractivity contribution in [2.24, 2.45) is 4.99 Å². The van der Waals surface area contributed by atoms with Crippen LogP contribution in [0.25, 0.3) is 6.58 Å². The van der Waals surface area contributed by atoms with E-state index >= 15 is 0 Å². The van der Waals surface area contributed by atoms with E-state index in [9.17, 15) is 9.59 Å². The number of aryl methyl sites for hydroxylation is 2. The number of rotatable bonds is 7. The minimum absolute atomic E-state index is 0.186. The van der Waals surface area contributed by atoms with E-state index in [1.54, 1.807) is 0 Å². The first kappa shape index (κ1) is 22.7. The Kier molecular flexibility index (Phi) is 6.59. The summed E-state index contributed by atoms with van der Waals surface area (Å²) in [6, 6.07) is 4.09. The summed E-state index contributed by atoms with van der Waals surface area (Å²) < 4.78 is 5.29. The Morgan fingerprint density at radius 1 is 1.23 bits per heavy atom. The Morgan fingerprint density at radius 2 is 1.94 bits per heavy atom. The zero-order valence-electron chi connectivity index (χ0n) is 19.0. The number of carbonyl (C=O) groups excluding carboxylic acids is 1. The number of ether oxygens (including phenoxy) is 1. The Labute approximate surface area is 182 Å². The molecular formula is C23H31N5O3. The molecule has 1 aliphatic heterocycles. The third-order valence-corrected chi connectivity index (χ3v) is 4.97. The van der Waals surface area contributed by atoms with E-state index < -0.39 is 5.60 Å². The fourth-order valence-corrected chi connectivity index (χ4v) is 3.43. The van der Waals surface area contributed by atoms with Gasteiger partial charge in [0.2, 0.25) is 0 Å². The molecule has 0 amide bonds. The normalized spacial score (nSPS) is 12.7. The molecular weight excluding hydrogens is 394 g/mol. The number of H-pyrrole nitrogens is 1. The predicted octanol–water partition coefficient (Wildman–Crippen LogP) is 1.91. The Balaban J connectivity index is 1.70. The number of anilines is 2. The molecule has 1 aliphatic rings. The molecule has 0 atom stereocenters. The summed E-state index contributed by atoms with van der Waals surface area (Å²) in [5.41, 5.74) is 3.53. The zero-order chi connectivity index (χ0) is 22.8. The SMILES string of the molecule is C=c1nc2c(c(=O)[nH]1)=Nc1cc(C)c(C)cc1N2CCCCNCC(=O)OC(C)(C)C. The number of fused-ring (bicyclic) bond motifs is 2. The standard InChI is InChI=1S/C23H31N5O3/c1-14-11-17-18(12-15(14)2)28(21-20(27-17)22(30)26-16(3)25-21)10-8-7-9-24-13-19(29)31-23(4,5)6/h11-12,24H,3,7-10,13H2,1-2,4-6H3,(H,26,30). The number of nitrogens with zero attached hydrogens (tertiary/aromatic N) is 3. The summed E-state index contributed by atoms with van der Waals surface area (Å²) in [6.07, 6.45) is 1.69. The van der Waals surface area contributed by atoms with Crippen molar-refractivity contribution in [3.8, 4) is 0 Å². The van der Waals surface area contributed by atoms with Gasteiger partial charge in [-0.25, -0.2) is 9.98 Å². The van der Waals surface area contributed by atoms with Crippen molar-refractivity contribution < 1.29 is 9.53 Å². The van der Waals surface area contributed by atoms with Crippen LogP contribution in [0.2, 0.25) is 0 Å². The molecule has 2 aromatic rings. The maximum Gasteiger partial charge on any atom is 0.320 e. The van der Waals surface area contributed by atoms with Gasteiger partial charge in [0.25, 0.3) is 5.56 Å². The average molecular weight is 426 g/mol. The first-order valence-corrected chi connectivity index (χ1v) is 10.5. The quantitative estimate of drug-likeness (QED) is 0.519. The fourth-order valence-electron chi connectivity index (χ4n) is 3.43. The third-order valence-electron chi connectivity index (χ3n) is 4.97. The number of aromatic amines is 1. The van der Waals surface area contributed by atoms with Crippen molar-refractivity contribution in [3.05, 3.63) is 44.5 Å². The average Bonchev–Trinajstić information content (AvgIpc) is 2.64. The van der Waals surface area contributed by atoms with Crippen molar-refractivity contribution in [1.82, 2.24) is 15.3 Å². The van der Waals surface area contributed by atoms with E-state index in [1.165, 1.54) is 0 Å². The van der Waals surface area contributed by atoms with E-state index in [2.05, 4.69) is 39.8 Å². The summed E-state index contributed by atoms with van der Waals surface area (Å²) in [7, 11) is 0. The van der Waals surface area contributed by atoms with Crippen LogP contribution in [0, 0.1) is 13.8 Å². The molecule has 1 aromatic carbocycles. The van der Waals surface area contributed by atoms with Gasteiger partial charge in [-0.1, -0.05) is 6.58 Å². The van der Waals surface area contributed by atoms with Crippen molar-refractivity contribution in [1.29, 1.82) is 0 Å². The van der Waals surface area contributed by atoms with Crippen LogP contribution in [-0.4, -0.2) is 41.2 Å². The number of nitrogens with one attached hydrogen (secondary N) is 2. The van der Waals surface area contributed by atoms with Crippen LogP contribution in [0.4, 0.5) is 17.2 Å². The van der Waals surface area contributed by atoms with Crippen molar-refractivity contribution in [2.75, 3.05) is 24.5 Å². The van der Waals surface area contributed by atoms with Gasteiger partial charge in [0.15, 0.2) is 11.2 Å². The summed E-state index contributed by atoms with van der Waals surface area (Å²) in [6.45, 7) is 15.0. The monoisotopic (exact) mass is 425 g/mol. The minimum atomic E-state index is -0.479. The fraction of sp³-hybridized carbons (Fsp3) is 0.478. The van der Waals surface area contributed by atoms with Gasteiger partial charge in [-0.2, -0.15) is 0 Å². The lowest BCUT2D eigenvalue weighted by Crippen LogP contribution is -2.42. The molecule has 0 spiro atoms. The predicted molar refractivity (Wildman–Crippen MR) is 122 cm³/mol. The molecule has 8 heteroatoms. The molecule has 0 aliphatic carbocycles. The highest BCUT2D eigenvalue weighted by Crippen LogP contribution is 2.36. The van der Waals surface area contributed by atoms with Crippen LogP contribution >= 0.6 is 0 Å². The van der Waals surface area contributed by atoms with E-state index in [0.717, 1.165) is 35.3 Å². The molecule has 0 unspecified atom stereocenters. The number of esters is 1. The first-order valence-electron chi connectivity index (χ1n) is 10.5. The maximum atomic E-state index is 12.5. The summed E-state index contributed by atoms with van der Waals surface area (Å²) in [5, 5.41) is 3.44. The lowest BCUT2D eigenvalue weighted by Gasteiger charge is -2.28. The second-order valence-electron chi connectivity index (χ2n) is 8.84. The van der Waals surface area contributed by atoms with Gasteiger partial charge in [-0.15, -0.1) is 0 Å². The first-order chi connectivity index (χ1) is 14.5. The van der Waals surface area contributed by atoms with Crippen LogP contribution in [0.5, 0.6) is 0 Å². The van der Waals surface area contributed by atoms with Crippen LogP contribution in [0.1, 0.15) is 44.7 Å². The molecule has 1 aromatic heterocycles. The van der Waals surface area contributed by atoms with E-state index in [4.69, 9.17) is 4.74 Å². The molecule has 0 fully saturated rings. The van der Waals surface area contributed by atoms with Crippen LogP contribution in [-0.2, 0) is 9.53 Å². The molecule has 2 heterocycles. The number of hydrogen-bond donors (Lipinski definition) is 2. The molecule has 0 saturated heterocycles. The minimum Gasteiger partial charge on any atom is -0.459 e. The van der Waals surface area contributed by atoms with E-state index in [1.807, 2.05) is 38.7 Å². The maximum absolute atomic E-state index is 12.5. The highest BCUT2D eigenvalue weighted by molar-refractivity contribution is 5.77. The van der Waals surface area contributed by atoms with Gasteiger partial charge >= 0.3 is 5.97 Å². The molecule has 8 nitrogen and oxygen atoms in total. The number of hydrogen-bond acceptors (Lipinski definition) is 7. The lowest BCUT2D eigenvalue weighted by atomic mass is 10.1. The lowest BCUT2D eigenvalue weighted by molar-refractivity contribution is -0.153. The smallest absolute Gasteiger partial charge is 0.320 e. The van der Waals surface area contributed by atoms with E-state index in [-0.39, 0.29) is 18.1 Å². The van der Waals surface area contributed by atoms with Crippen molar-refractivity contribution >= 4 is 29.7 Å². The topological polar surface area (TPSA) is 99.7 Å². The Morgan fingerprint density at radius 3 is 2.65 bits per heavy atom. The number of aromatic nitrogens is 2. The van der Waals surface area contributed by atoms with Gasteiger partial charge in [0.05, 0.1) is 17.9 Å². The second kappa shape index (κ2) is 9.01. The van der Waals surface area contributed by atoms with Crippen LogP contribution < -0.4 is 26.6 Å². The van der Waals surface area contributed by atoms with Gasteiger partial charge in [0.1, 0.15) is 11.1 Å². The van der Waals surface area contributed by atoms with Crippen molar-refractivity contribution in [2.45, 2.75) is 53.1 Å². The van der Waals surface area contributed by atoms with E-state index in [0.29, 0.717) is 29.7 Å². The van der Waals surface area contributed by atoms with Gasteiger partial charge in [0, 0.05) is 6.54 Å². The third kappa shape index (κ3) is 5.58. The largest absolute Gasteiger partial charge is 0.459 e. The Hall–Kier alpha value is -3.00. The zero-order valence-corrected chi connectivity index (χ0v) is 19.0. The summed E-state index contributed by atoms with van der Waals surface area (Å²) in [4.78, 5) is 38.0. The highest BCUT2D eigenvalue weighted by Gasteiger charge is 2.23. The Bertz CT molecular complexity index is 1150. The number of carbonyl (C=O) groups is 1. The van der Waals surface area contributed by atoms with Gasteiger partial charge in [-0.3, -0.25) is 9.59 Å². The van der Waals surface area contributed by atoms with Crippen molar-refractivity contribution in [3.63, 3.8) is 0 Å². The molecule has 31 heavy (non-hydrogen) atoms. The number of benzene rings is 1. The van der Waals surface area contributed by atoms with Crippen LogP contribution in [0.3, 0.4) is 0 Å². The molecule has 3 rings (SSSR count). The molecule has 166 valence electrons.